The van der Waals surface area contributed by atoms with Crippen molar-refractivity contribution in [3.05, 3.63) is 0 Å². The van der Waals surface area contributed by atoms with Crippen molar-refractivity contribution in [2.45, 2.75) is 75.2 Å². The Morgan fingerprint density at radius 1 is 0.727 bits per heavy atom. The van der Waals surface area contributed by atoms with Crippen molar-refractivity contribution in [3.63, 3.8) is 0 Å². The Morgan fingerprint density at radius 3 is 1.58 bits per heavy atom. The van der Waals surface area contributed by atoms with Gasteiger partial charge in [0.25, 0.3) is 0 Å². The van der Waals surface area contributed by atoms with Gasteiger partial charge in [0.05, 0.1) is 26.4 Å². The molecule has 1 heterocycles. The average Bonchev–Trinajstić information content (AvgIpc) is 2.64. The smallest absolute Gasteiger partial charge is 0.380 e. The highest BCUT2D eigenvalue weighted by Crippen LogP contribution is 2.60. The van der Waals surface area contributed by atoms with E-state index in [0.717, 1.165) is 0 Å². The molecule has 0 spiro atoms. The minimum atomic E-state index is -7.90. The molecule has 0 saturated carbocycles. The first-order chi connectivity index (χ1) is 14.7. The number of hydrogen-bond donors (Lipinski definition) is 0. The van der Waals surface area contributed by atoms with Crippen molar-refractivity contribution in [1.29, 1.82) is 0 Å². The van der Waals surface area contributed by atoms with Crippen LogP contribution in [-0.4, -0.2) is 68.5 Å². The predicted octanol–water partition coefficient (Wildman–Crippen LogP) is 6.31. The lowest BCUT2D eigenvalue weighted by atomic mass is 9.84. The summed E-state index contributed by atoms with van der Waals surface area (Å²) in [5.41, 5.74) is -0.412. The molecule has 33 heavy (non-hydrogen) atoms. The summed E-state index contributed by atoms with van der Waals surface area (Å²) < 4.78 is 185. The molecule has 0 amide bonds. The molecule has 0 N–H and O–H groups in total. The van der Waals surface area contributed by atoms with Crippen LogP contribution in [0.1, 0.15) is 33.1 Å². The maximum absolute atomic E-state index is 13.7. The van der Waals surface area contributed by atoms with Crippen molar-refractivity contribution >= 4 is 0 Å². The third kappa shape index (κ3) is 5.31. The molecule has 0 aromatic rings. The summed E-state index contributed by atoms with van der Waals surface area (Å²) in [4.78, 5) is 0. The molecule has 1 aliphatic rings. The fraction of sp³-hybridized carbons (Fsp3) is 1.00. The number of alkyl halides is 13. The molecule has 0 radical (unpaired) electrons. The van der Waals surface area contributed by atoms with Gasteiger partial charge in [-0.15, -0.1) is 0 Å². The molecule has 3 nitrogen and oxygen atoms in total. The molecular weight excluding hydrogens is 499 g/mol. The fourth-order valence-corrected chi connectivity index (χ4v) is 2.61. The first-order valence-corrected chi connectivity index (χ1v) is 9.42. The minimum absolute atomic E-state index is 0.00855. The van der Waals surface area contributed by atoms with Gasteiger partial charge < -0.3 is 14.2 Å². The Morgan fingerprint density at radius 2 is 1.21 bits per heavy atom. The van der Waals surface area contributed by atoms with Crippen LogP contribution in [0.15, 0.2) is 0 Å². The van der Waals surface area contributed by atoms with Crippen LogP contribution in [0.5, 0.6) is 0 Å². The van der Waals surface area contributed by atoms with Crippen molar-refractivity contribution in [2.24, 2.45) is 5.41 Å². The van der Waals surface area contributed by atoms with Gasteiger partial charge in [0.15, 0.2) is 6.29 Å². The van der Waals surface area contributed by atoms with Crippen molar-refractivity contribution in [2.75, 3.05) is 26.4 Å². The Labute approximate surface area is 179 Å². The van der Waals surface area contributed by atoms with E-state index in [1.807, 2.05) is 0 Å². The SMILES string of the molecule is CCC(OCCC(F)(F)C(F)(F)C(F)(F)C(F)(F)C(F)(F)C(F)(F)F)OCC1(CC)COC1. The summed E-state index contributed by atoms with van der Waals surface area (Å²) in [5.74, 6) is -36.9. The quantitative estimate of drug-likeness (QED) is 0.211. The summed E-state index contributed by atoms with van der Waals surface area (Å²) in [7, 11) is 0. The maximum atomic E-state index is 13.7. The Balaban J connectivity index is 2.90. The predicted molar refractivity (Wildman–Crippen MR) is 84.9 cm³/mol. The van der Waals surface area contributed by atoms with Gasteiger partial charge in [-0.2, -0.15) is 57.1 Å². The summed E-state index contributed by atoms with van der Waals surface area (Å²) in [6, 6.07) is 0. The number of ether oxygens (including phenoxy) is 3. The van der Waals surface area contributed by atoms with Crippen LogP contribution < -0.4 is 0 Å². The van der Waals surface area contributed by atoms with Gasteiger partial charge in [-0.1, -0.05) is 13.8 Å². The molecule has 1 unspecified atom stereocenters. The summed E-state index contributed by atoms with van der Waals surface area (Å²) in [6.45, 7) is 2.29. The third-order valence-electron chi connectivity index (χ3n) is 5.19. The number of rotatable bonds is 13. The van der Waals surface area contributed by atoms with Crippen LogP contribution in [0.25, 0.3) is 0 Å². The van der Waals surface area contributed by atoms with E-state index in [0.29, 0.717) is 19.6 Å². The van der Waals surface area contributed by atoms with Gasteiger partial charge >= 0.3 is 35.8 Å². The second kappa shape index (κ2) is 9.55. The lowest BCUT2D eigenvalue weighted by Gasteiger charge is -2.41. The van der Waals surface area contributed by atoms with Crippen LogP contribution in [0.2, 0.25) is 0 Å². The van der Waals surface area contributed by atoms with Crippen LogP contribution in [-0.2, 0) is 14.2 Å². The molecule has 0 aromatic carbocycles. The van der Waals surface area contributed by atoms with Crippen molar-refractivity contribution in [3.8, 4) is 0 Å². The Bertz CT molecular complexity index is 639. The lowest BCUT2D eigenvalue weighted by molar-refractivity contribution is -0.440. The van der Waals surface area contributed by atoms with Crippen molar-refractivity contribution in [1.82, 2.24) is 0 Å². The molecule has 1 rings (SSSR count). The molecule has 0 aromatic heterocycles. The fourth-order valence-electron chi connectivity index (χ4n) is 2.61. The molecule has 16 heteroatoms. The zero-order valence-electron chi connectivity index (χ0n) is 17.2. The van der Waals surface area contributed by atoms with E-state index < -0.39 is 60.5 Å². The van der Waals surface area contributed by atoms with Crippen molar-refractivity contribution < 1.29 is 71.3 Å². The normalized spacial score (nSPS) is 19.4. The van der Waals surface area contributed by atoms with Gasteiger partial charge in [-0.05, 0) is 12.8 Å². The van der Waals surface area contributed by atoms with E-state index in [4.69, 9.17) is 14.2 Å². The van der Waals surface area contributed by atoms with Gasteiger partial charge in [0.2, 0.25) is 0 Å². The van der Waals surface area contributed by atoms with E-state index >= 15 is 0 Å². The van der Waals surface area contributed by atoms with Crippen LogP contribution in [0.3, 0.4) is 0 Å². The molecular formula is C17H21F13O3. The highest BCUT2D eigenvalue weighted by atomic mass is 19.4. The summed E-state index contributed by atoms with van der Waals surface area (Å²) in [5, 5.41) is 0. The molecule has 0 aliphatic carbocycles. The molecule has 1 atom stereocenters. The molecule has 0 bridgehead atoms. The van der Waals surface area contributed by atoms with Crippen LogP contribution in [0.4, 0.5) is 57.1 Å². The van der Waals surface area contributed by atoms with Gasteiger partial charge in [0, 0.05) is 11.8 Å². The molecule has 1 fully saturated rings. The third-order valence-corrected chi connectivity index (χ3v) is 5.19. The first kappa shape index (κ1) is 30.0. The van der Waals surface area contributed by atoms with Gasteiger partial charge in [-0.3, -0.25) is 0 Å². The second-order valence-corrected chi connectivity index (χ2v) is 7.62. The summed E-state index contributed by atoms with van der Waals surface area (Å²) >= 11 is 0. The largest absolute Gasteiger partial charge is 0.460 e. The van der Waals surface area contributed by atoms with Gasteiger partial charge in [0.1, 0.15) is 0 Å². The van der Waals surface area contributed by atoms with E-state index in [2.05, 4.69) is 0 Å². The second-order valence-electron chi connectivity index (χ2n) is 7.62. The zero-order valence-corrected chi connectivity index (χ0v) is 17.2. The highest BCUT2D eigenvalue weighted by Gasteiger charge is 2.90. The van der Waals surface area contributed by atoms with Crippen LogP contribution in [0, 0.1) is 5.41 Å². The lowest BCUT2D eigenvalue weighted by Crippen LogP contribution is -2.70. The number of hydrogen-bond acceptors (Lipinski definition) is 3. The topological polar surface area (TPSA) is 27.7 Å². The Hall–Kier alpha value is -1.03. The zero-order chi connectivity index (χ0) is 26.1. The van der Waals surface area contributed by atoms with E-state index in [1.54, 1.807) is 6.92 Å². The molecule has 1 saturated heterocycles. The van der Waals surface area contributed by atoms with E-state index in [-0.39, 0.29) is 13.0 Å². The average molecular weight is 520 g/mol. The van der Waals surface area contributed by atoms with Crippen LogP contribution >= 0.6 is 0 Å². The minimum Gasteiger partial charge on any atom is -0.380 e. The Kier molecular flexibility index (Phi) is 8.68. The first-order valence-electron chi connectivity index (χ1n) is 9.42. The highest BCUT2D eigenvalue weighted by molar-refractivity contribution is 5.10. The number of halogens is 13. The maximum Gasteiger partial charge on any atom is 0.460 e. The summed E-state index contributed by atoms with van der Waals surface area (Å²) in [6.07, 6.45) is -10.6. The molecule has 198 valence electrons. The standard InChI is InChI=1S/C17H21F13O3/c1-3-10(33-9-11(4-2)7-31-8-11)32-6-5-12(18,19)13(20,21)14(22,23)15(24,25)16(26,27)17(28,29)30/h10H,3-9H2,1-2H3. The monoisotopic (exact) mass is 520 g/mol. The van der Waals surface area contributed by atoms with Gasteiger partial charge in [-0.25, -0.2) is 0 Å². The van der Waals surface area contributed by atoms with E-state index in [9.17, 15) is 57.1 Å². The molecule has 1 aliphatic heterocycles. The van der Waals surface area contributed by atoms with E-state index in [1.165, 1.54) is 6.92 Å².